The molecular weight excluding hydrogens is 354 g/mol. The number of nitrogens with zero attached hydrogens (tertiary/aromatic N) is 2. The van der Waals surface area contributed by atoms with Gasteiger partial charge in [0.25, 0.3) is 0 Å². The highest BCUT2D eigenvalue weighted by Crippen LogP contribution is 2.58. The summed E-state index contributed by atoms with van der Waals surface area (Å²) in [6.45, 7) is 0.921. The van der Waals surface area contributed by atoms with Crippen LogP contribution in [0.4, 0.5) is 4.79 Å². The van der Waals surface area contributed by atoms with Crippen molar-refractivity contribution in [1.82, 2.24) is 9.80 Å². The third-order valence-corrected chi connectivity index (χ3v) is 7.31. The summed E-state index contributed by atoms with van der Waals surface area (Å²) in [5.41, 5.74) is 0.740. The summed E-state index contributed by atoms with van der Waals surface area (Å²) in [6, 6.07) is 9.60. The van der Waals surface area contributed by atoms with Crippen LogP contribution in [0.15, 0.2) is 30.3 Å². The lowest BCUT2D eigenvalue weighted by molar-refractivity contribution is -0.901. The highest BCUT2D eigenvalue weighted by atomic mass is 16.2. The SMILES string of the molecule is C[NH+](Cc1ccccc1)CN1C(=O)C(=O)N(C23CC4CC(CC(C4)C2)C3)C1=O. The van der Waals surface area contributed by atoms with Crippen molar-refractivity contribution < 1.29 is 19.3 Å². The average molecular weight is 382 g/mol. The molecule has 4 saturated carbocycles. The van der Waals surface area contributed by atoms with E-state index in [2.05, 4.69) is 0 Å². The number of carbonyl (C=O) groups excluding carboxylic acids is 3. The predicted molar refractivity (Wildman–Crippen MR) is 102 cm³/mol. The zero-order valence-electron chi connectivity index (χ0n) is 16.4. The molecule has 148 valence electrons. The molecule has 4 amide bonds. The second kappa shape index (κ2) is 6.41. The van der Waals surface area contributed by atoms with E-state index in [1.807, 2.05) is 37.4 Å². The summed E-state index contributed by atoms with van der Waals surface area (Å²) in [5, 5.41) is 0. The van der Waals surface area contributed by atoms with Crippen LogP contribution in [0.2, 0.25) is 0 Å². The number of quaternary nitrogens is 1. The molecule has 1 aliphatic heterocycles. The number of hydrogen-bond acceptors (Lipinski definition) is 3. The smallest absolute Gasteiger partial charge is 0.316 e. The molecule has 4 bridgehead atoms. The van der Waals surface area contributed by atoms with Crippen molar-refractivity contribution in [2.75, 3.05) is 13.7 Å². The number of imide groups is 2. The largest absolute Gasteiger partial charge is 0.339 e. The minimum absolute atomic E-state index is 0.223. The molecule has 6 nitrogen and oxygen atoms in total. The molecule has 1 N–H and O–H groups in total. The molecule has 5 fully saturated rings. The third-order valence-electron chi connectivity index (χ3n) is 7.31. The summed E-state index contributed by atoms with van der Waals surface area (Å²) in [6.07, 6.45) is 6.38. The molecule has 6 rings (SSSR count). The van der Waals surface area contributed by atoms with E-state index in [-0.39, 0.29) is 12.7 Å². The summed E-state index contributed by atoms with van der Waals surface area (Å²) in [7, 11) is 1.95. The van der Waals surface area contributed by atoms with Crippen LogP contribution in [0.25, 0.3) is 0 Å². The summed E-state index contributed by atoms with van der Waals surface area (Å²) >= 11 is 0. The maximum atomic E-state index is 13.2. The molecule has 1 heterocycles. The number of amides is 4. The van der Waals surface area contributed by atoms with Gasteiger partial charge in [0.1, 0.15) is 6.54 Å². The Morgan fingerprint density at radius 1 is 0.929 bits per heavy atom. The molecule has 1 aromatic rings. The zero-order chi connectivity index (χ0) is 19.5. The van der Waals surface area contributed by atoms with E-state index in [1.54, 1.807) is 0 Å². The van der Waals surface area contributed by atoms with Crippen LogP contribution in [0.5, 0.6) is 0 Å². The van der Waals surface area contributed by atoms with Crippen molar-refractivity contribution >= 4 is 17.8 Å². The maximum Gasteiger partial charge on any atom is 0.339 e. The number of carbonyl (C=O) groups is 3. The van der Waals surface area contributed by atoms with E-state index in [0.717, 1.165) is 29.7 Å². The number of urea groups is 1. The van der Waals surface area contributed by atoms with Crippen LogP contribution in [-0.4, -0.2) is 46.9 Å². The highest BCUT2D eigenvalue weighted by molar-refractivity contribution is 6.44. The van der Waals surface area contributed by atoms with Gasteiger partial charge in [0, 0.05) is 5.56 Å². The Labute approximate surface area is 165 Å². The molecule has 1 aromatic carbocycles. The monoisotopic (exact) mass is 382 g/mol. The standard InChI is InChI=1S/C22H27N3O3/c1-23(13-15-5-3-2-4-6-15)14-24-19(26)20(27)25(21(24)28)22-10-16-7-17(11-22)9-18(8-16)12-22/h2-6,16-18H,7-14H2,1H3/p+1. The average Bonchev–Trinajstić information content (AvgIpc) is 2.85. The fraction of sp³-hybridized carbons (Fsp3) is 0.591. The van der Waals surface area contributed by atoms with E-state index in [9.17, 15) is 14.4 Å². The first-order valence-electron chi connectivity index (χ1n) is 10.5. The van der Waals surface area contributed by atoms with Crippen LogP contribution >= 0.6 is 0 Å². The van der Waals surface area contributed by atoms with E-state index < -0.39 is 17.4 Å². The first-order valence-corrected chi connectivity index (χ1v) is 10.5. The zero-order valence-corrected chi connectivity index (χ0v) is 16.4. The molecule has 0 spiro atoms. The van der Waals surface area contributed by atoms with Crippen molar-refractivity contribution in [3.05, 3.63) is 35.9 Å². The summed E-state index contributed by atoms with van der Waals surface area (Å²) in [4.78, 5) is 42.4. The van der Waals surface area contributed by atoms with Gasteiger partial charge < -0.3 is 4.90 Å². The van der Waals surface area contributed by atoms with Crippen LogP contribution in [-0.2, 0) is 16.1 Å². The van der Waals surface area contributed by atoms with Crippen molar-refractivity contribution in [2.24, 2.45) is 17.8 Å². The van der Waals surface area contributed by atoms with Crippen LogP contribution in [0.3, 0.4) is 0 Å². The first-order chi connectivity index (χ1) is 13.4. The van der Waals surface area contributed by atoms with E-state index in [1.165, 1.54) is 29.1 Å². The van der Waals surface area contributed by atoms with Crippen molar-refractivity contribution in [1.29, 1.82) is 0 Å². The molecule has 1 atom stereocenters. The topological polar surface area (TPSA) is 62.1 Å². The van der Waals surface area contributed by atoms with Gasteiger partial charge in [0.2, 0.25) is 0 Å². The number of nitrogens with one attached hydrogen (secondary N) is 1. The van der Waals surface area contributed by atoms with Crippen LogP contribution in [0, 0.1) is 17.8 Å². The van der Waals surface area contributed by atoms with E-state index in [4.69, 9.17) is 0 Å². The minimum Gasteiger partial charge on any atom is -0.316 e. The van der Waals surface area contributed by atoms with Crippen LogP contribution in [0.1, 0.15) is 44.1 Å². The fourth-order valence-corrected chi connectivity index (χ4v) is 6.67. The first kappa shape index (κ1) is 17.9. The molecule has 4 aliphatic carbocycles. The van der Waals surface area contributed by atoms with Crippen LogP contribution < -0.4 is 4.90 Å². The second-order valence-corrected chi connectivity index (χ2v) is 9.58. The Kier molecular flexibility index (Phi) is 4.09. The predicted octanol–water partition coefficient (Wildman–Crippen LogP) is 1.42. The van der Waals surface area contributed by atoms with Gasteiger partial charge in [-0.05, 0) is 56.3 Å². The molecule has 28 heavy (non-hydrogen) atoms. The molecule has 0 aromatic heterocycles. The van der Waals surface area contributed by atoms with Gasteiger partial charge in [-0.1, -0.05) is 30.3 Å². The van der Waals surface area contributed by atoms with E-state index >= 15 is 0 Å². The Morgan fingerprint density at radius 2 is 1.50 bits per heavy atom. The van der Waals surface area contributed by atoms with Gasteiger partial charge in [0.15, 0.2) is 6.67 Å². The number of hydrogen-bond donors (Lipinski definition) is 1. The Morgan fingerprint density at radius 3 is 2.07 bits per heavy atom. The van der Waals surface area contributed by atoms with Crippen molar-refractivity contribution in [3.8, 4) is 0 Å². The maximum absolute atomic E-state index is 13.2. The summed E-state index contributed by atoms with van der Waals surface area (Å²) in [5.74, 6) is 0.597. The number of benzene rings is 1. The summed E-state index contributed by atoms with van der Waals surface area (Å²) < 4.78 is 0. The van der Waals surface area contributed by atoms with Gasteiger partial charge >= 0.3 is 17.8 Å². The molecular formula is C22H28N3O3+. The van der Waals surface area contributed by atoms with Gasteiger partial charge in [-0.3, -0.25) is 9.59 Å². The molecule has 1 saturated heterocycles. The number of rotatable bonds is 5. The molecule has 1 unspecified atom stereocenters. The van der Waals surface area contributed by atoms with Gasteiger partial charge in [0.05, 0.1) is 12.6 Å². The van der Waals surface area contributed by atoms with Crippen molar-refractivity contribution in [2.45, 2.75) is 50.6 Å². The Bertz CT molecular complexity index is 786. The lowest BCUT2D eigenvalue weighted by atomic mass is 9.52. The Hall–Kier alpha value is -2.21. The molecule has 6 heteroatoms. The normalized spacial score (nSPS) is 35.2. The molecule has 0 radical (unpaired) electrons. The lowest BCUT2D eigenvalue weighted by Gasteiger charge is -2.58. The van der Waals surface area contributed by atoms with Gasteiger partial charge in [-0.2, -0.15) is 0 Å². The third kappa shape index (κ3) is 2.77. The quantitative estimate of drug-likeness (QED) is 0.619. The van der Waals surface area contributed by atoms with Gasteiger partial charge in [-0.25, -0.2) is 14.6 Å². The minimum atomic E-state index is -0.645. The highest BCUT2D eigenvalue weighted by Gasteiger charge is 2.61. The second-order valence-electron chi connectivity index (χ2n) is 9.58. The van der Waals surface area contributed by atoms with E-state index in [0.29, 0.717) is 24.3 Å². The molecule has 5 aliphatic rings. The van der Waals surface area contributed by atoms with Crippen molar-refractivity contribution in [3.63, 3.8) is 0 Å². The lowest BCUT2D eigenvalue weighted by Crippen LogP contribution is -3.09. The van der Waals surface area contributed by atoms with Gasteiger partial charge in [-0.15, -0.1) is 0 Å². The fourth-order valence-electron chi connectivity index (χ4n) is 6.67. The Balaban J connectivity index is 1.34.